The second-order valence-corrected chi connectivity index (χ2v) is 4.55. The van der Waals surface area contributed by atoms with Crippen LogP contribution >= 0.6 is 0 Å². The van der Waals surface area contributed by atoms with E-state index in [1.165, 1.54) is 12.0 Å². The van der Waals surface area contributed by atoms with E-state index in [1.807, 2.05) is 6.07 Å². The molecule has 2 atom stereocenters. The Balaban J connectivity index is 1.88. The van der Waals surface area contributed by atoms with Gasteiger partial charge in [0, 0.05) is 11.5 Å². The van der Waals surface area contributed by atoms with Crippen LogP contribution in [0.4, 0.5) is 0 Å². The highest BCUT2D eigenvalue weighted by Crippen LogP contribution is 2.50. The van der Waals surface area contributed by atoms with E-state index in [-0.39, 0.29) is 12.7 Å². The number of hydrogen-bond donors (Lipinski definition) is 1. The van der Waals surface area contributed by atoms with Gasteiger partial charge in [-0.2, -0.15) is 0 Å². The minimum atomic E-state index is -0.971. The number of carboxylic acid groups (broad SMARTS) is 1. The van der Waals surface area contributed by atoms with Gasteiger partial charge in [-0.3, -0.25) is 0 Å². The Bertz CT molecular complexity index is 455. The largest absolute Gasteiger partial charge is 0.486 e. The second kappa shape index (κ2) is 3.95. The predicted molar refractivity (Wildman–Crippen MR) is 60.6 cm³/mol. The third-order valence-corrected chi connectivity index (χ3v) is 3.48. The van der Waals surface area contributed by atoms with Gasteiger partial charge in [0.05, 0.1) is 0 Å². The Hall–Kier alpha value is -1.71. The molecule has 4 heteroatoms. The number of hydrogen-bond acceptors (Lipinski definition) is 3. The number of para-hydroxylation sites is 1. The van der Waals surface area contributed by atoms with Crippen LogP contribution in [0.15, 0.2) is 18.2 Å². The van der Waals surface area contributed by atoms with Gasteiger partial charge >= 0.3 is 5.97 Å². The van der Waals surface area contributed by atoms with E-state index in [1.54, 1.807) is 6.07 Å². The molecular formula is C13H14O4. The van der Waals surface area contributed by atoms with Gasteiger partial charge in [-0.25, -0.2) is 4.79 Å². The van der Waals surface area contributed by atoms with Crippen molar-refractivity contribution in [2.45, 2.75) is 31.3 Å². The zero-order valence-electron chi connectivity index (χ0n) is 9.39. The van der Waals surface area contributed by atoms with Crippen LogP contribution in [0.3, 0.4) is 0 Å². The smallest absolute Gasteiger partial charge is 0.341 e. The fraction of sp³-hybridized carbons (Fsp3) is 0.462. The highest BCUT2D eigenvalue weighted by molar-refractivity contribution is 5.68. The number of rotatable bonds is 3. The molecule has 1 N–H and O–H groups in total. The van der Waals surface area contributed by atoms with Gasteiger partial charge in [0.15, 0.2) is 18.1 Å². The average Bonchev–Trinajstić information content (AvgIpc) is 2.86. The maximum Gasteiger partial charge on any atom is 0.341 e. The molecule has 0 saturated heterocycles. The first-order valence-electron chi connectivity index (χ1n) is 5.90. The van der Waals surface area contributed by atoms with Gasteiger partial charge < -0.3 is 14.6 Å². The third kappa shape index (κ3) is 1.73. The van der Waals surface area contributed by atoms with Crippen LogP contribution in [-0.2, 0) is 4.79 Å². The lowest BCUT2D eigenvalue weighted by Crippen LogP contribution is -2.12. The number of ether oxygens (including phenoxy) is 2. The van der Waals surface area contributed by atoms with E-state index >= 15 is 0 Å². The van der Waals surface area contributed by atoms with E-state index < -0.39 is 5.97 Å². The molecule has 0 aromatic heterocycles. The van der Waals surface area contributed by atoms with E-state index in [0.717, 1.165) is 18.6 Å². The van der Waals surface area contributed by atoms with Crippen molar-refractivity contribution in [1.29, 1.82) is 0 Å². The van der Waals surface area contributed by atoms with Crippen molar-refractivity contribution in [1.82, 2.24) is 0 Å². The molecule has 0 radical (unpaired) electrons. The van der Waals surface area contributed by atoms with Gasteiger partial charge in [-0.1, -0.05) is 12.1 Å². The monoisotopic (exact) mass is 234 g/mol. The Morgan fingerprint density at radius 1 is 1.47 bits per heavy atom. The van der Waals surface area contributed by atoms with Crippen molar-refractivity contribution in [2.24, 2.45) is 0 Å². The molecule has 4 nitrogen and oxygen atoms in total. The second-order valence-electron chi connectivity index (χ2n) is 4.55. The number of fused-ring (bicyclic) bond motifs is 3. The summed E-state index contributed by atoms with van der Waals surface area (Å²) in [5.41, 5.74) is 1.18. The third-order valence-electron chi connectivity index (χ3n) is 3.48. The Labute approximate surface area is 99.2 Å². The van der Waals surface area contributed by atoms with Gasteiger partial charge in [0.2, 0.25) is 0 Å². The summed E-state index contributed by atoms with van der Waals surface area (Å²) < 4.78 is 11.1. The summed E-state index contributed by atoms with van der Waals surface area (Å²) in [7, 11) is 0. The first kappa shape index (κ1) is 10.4. The molecule has 90 valence electrons. The fourth-order valence-electron chi connectivity index (χ4n) is 2.78. The highest BCUT2D eigenvalue weighted by Gasteiger charge is 2.39. The van der Waals surface area contributed by atoms with E-state index in [9.17, 15) is 4.79 Å². The first-order chi connectivity index (χ1) is 8.25. The van der Waals surface area contributed by atoms with Crippen LogP contribution in [0.2, 0.25) is 0 Å². The summed E-state index contributed by atoms with van der Waals surface area (Å²) in [4.78, 5) is 10.5. The van der Waals surface area contributed by atoms with Crippen LogP contribution in [0.1, 0.15) is 30.7 Å². The van der Waals surface area contributed by atoms with Crippen molar-refractivity contribution in [2.75, 3.05) is 6.61 Å². The first-order valence-corrected chi connectivity index (χ1v) is 5.90. The molecule has 1 aromatic rings. The van der Waals surface area contributed by atoms with E-state index in [2.05, 4.69) is 6.07 Å². The normalized spacial score (nSPS) is 24.9. The van der Waals surface area contributed by atoms with Crippen molar-refractivity contribution in [3.8, 4) is 11.5 Å². The molecule has 2 unspecified atom stereocenters. The van der Waals surface area contributed by atoms with Crippen molar-refractivity contribution < 1.29 is 19.4 Å². The maximum atomic E-state index is 10.5. The van der Waals surface area contributed by atoms with Gasteiger partial charge in [0.1, 0.15) is 6.10 Å². The van der Waals surface area contributed by atoms with E-state index in [4.69, 9.17) is 14.6 Å². The average molecular weight is 234 g/mol. The molecule has 1 fully saturated rings. The highest BCUT2D eigenvalue weighted by atomic mass is 16.5. The summed E-state index contributed by atoms with van der Waals surface area (Å²) in [6.45, 7) is -0.324. The van der Waals surface area contributed by atoms with Crippen LogP contribution in [0, 0.1) is 0 Å². The summed E-state index contributed by atoms with van der Waals surface area (Å²) in [6.07, 6.45) is 3.70. The van der Waals surface area contributed by atoms with Crippen LogP contribution in [0.5, 0.6) is 11.5 Å². The topological polar surface area (TPSA) is 55.8 Å². The van der Waals surface area contributed by atoms with Crippen LogP contribution in [-0.4, -0.2) is 23.8 Å². The maximum absolute atomic E-state index is 10.5. The minimum absolute atomic E-state index is 0.263. The Kier molecular flexibility index (Phi) is 2.42. The summed E-state index contributed by atoms with van der Waals surface area (Å²) >= 11 is 0. The Morgan fingerprint density at radius 3 is 3.18 bits per heavy atom. The summed E-state index contributed by atoms with van der Waals surface area (Å²) in [6, 6.07) is 5.72. The Morgan fingerprint density at radius 2 is 2.35 bits per heavy atom. The van der Waals surface area contributed by atoms with E-state index in [0.29, 0.717) is 11.7 Å². The number of benzene rings is 1. The van der Waals surface area contributed by atoms with Crippen LogP contribution < -0.4 is 9.47 Å². The quantitative estimate of drug-likeness (QED) is 0.870. The lowest BCUT2D eigenvalue weighted by molar-refractivity contribution is -0.139. The molecule has 0 spiro atoms. The molecule has 1 saturated carbocycles. The minimum Gasteiger partial charge on any atom is -0.486 e. The van der Waals surface area contributed by atoms with Gasteiger partial charge in [-0.15, -0.1) is 0 Å². The molecule has 1 aliphatic carbocycles. The summed E-state index contributed by atoms with van der Waals surface area (Å²) in [5.74, 6) is 0.807. The van der Waals surface area contributed by atoms with Crippen LogP contribution in [0.25, 0.3) is 0 Å². The predicted octanol–water partition coefficient (Wildman–Crippen LogP) is 2.18. The van der Waals surface area contributed by atoms with Gasteiger partial charge in [0.25, 0.3) is 0 Å². The molecule has 1 aliphatic heterocycles. The number of carboxylic acids is 1. The molecule has 0 amide bonds. The SMILES string of the molecule is O=C(O)COc1cccc2c1OC1CCCC21. The molecule has 0 bridgehead atoms. The van der Waals surface area contributed by atoms with Crippen molar-refractivity contribution in [3.63, 3.8) is 0 Å². The molecule has 3 rings (SSSR count). The fourth-order valence-corrected chi connectivity index (χ4v) is 2.78. The molecule has 2 aliphatic rings. The molecule has 1 aromatic carbocycles. The standard InChI is InChI=1S/C13H14O4/c14-12(15)7-16-11-6-2-4-9-8-3-1-5-10(8)17-13(9)11/h2,4,6,8,10H,1,3,5,7H2,(H,14,15). The zero-order chi connectivity index (χ0) is 11.8. The van der Waals surface area contributed by atoms with Gasteiger partial charge in [-0.05, 0) is 25.3 Å². The van der Waals surface area contributed by atoms with Crippen molar-refractivity contribution in [3.05, 3.63) is 23.8 Å². The number of carbonyl (C=O) groups is 1. The number of aliphatic carboxylic acids is 1. The molecule has 17 heavy (non-hydrogen) atoms. The lowest BCUT2D eigenvalue weighted by Gasteiger charge is -2.10. The summed E-state index contributed by atoms with van der Waals surface area (Å²) in [5, 5.41) is 8.62. The lowest BCUT2D eigenvalue weighted by atomic mass is 9.98. The van der Waals surface area contributed by atoms with Crippen molar-refractivity contribution >= 4 is 5.97 Å². The molecular weight excluding hydrogens is 220 g/mol. The zero-order valence-corrected chi connectivity index (χ0v) is 9.39. The molecule has 1 heterocycles.